The first-order valence-electron chi connectivity index (χ1n) is 6.83. The Hall–Kier alpha value is -2.20. The number of anilines is 2. The summed E-state index contributed by atoms with van der Waals surface area (Å²) in [5, 5.41) is 13.8. The molecule has 0 aliphatic carbocycles. The van der Waals surface area contributed by atoms with Crippen molar-refractivity contribution in [3.8, 4) is 0 Å². The summed E-state index contributed by atoms with van der Waals surface area (Å²) in [5.41, 5.74) is -1.46. The molecule has 1 heterocycles. The lowest BCUT2D eigenvalue weighted by molar-refractivity contribution is -0.385. The van der Waals surface area contributed by atoms with Gasteiger partial charge in [-0.3, -0.25) is 19.9 Å². The van der Waals surface area contributed by atoms with E-state index in [0.717, 1.165) is 0 Å². The van der Waals surface area contributed by atoms with E-state index in [2.05, 4.69) is 15.3 Å². The molecule has 0 fully saturated rings. The van der Waals surface area contributed by atoms with Gasteiger partial charge in [0.15, 0.2) is 6.29 Å². The molecule has 0 aromatic carbocycles. The van der Waals surface area contributed by atoms with Crippen molar-refractivity contribution in [2.75, 3.05) is 44.1 Å². The number of nitrogens with zero attached hydrogens (tertiary/aromatic N) is 3. The normalized spacial score (nSPS) is 10.8. The molecule has 1 aromatic rings. The van der Waals surface area contributed by atoms with Crippen molar-refractivity contribution >= 4 is 17.5 Å². The zero-order chi connectivity index (χ0) is 16.7. The van der Waals surface area contributed by atoms with E-state index in [4.69, 9.17) is 9.47 Å². The van der Waals surface area contributed by atoms with Crippen LogP contribution in [0.3, 0.4) is 0 Å². The minimum Gasteiger partial charge on any atom is -0.359 e. The molecule has 1 aromatic heterocycles. The van der Waals surface area contributed by atoms with Gasteiger partial charge >= 0.3 is 11.2 Å². The van der Waals surface area contributed by atoms with E-state index < -0.39 is 22.5 Å². The van der Waals surface area contributed by atoms with Crippen LogP contribution >= 0.6 is 0 Å². The zero-order valence-electron chi connectivity index (χ0n) is 13.1. The summed E-state index contributed by atoms with van der Waals surface area (Å²) >= 11 is 0. The molecule has 0 bridgehead atoms. The lowest BCUT2D eigenvalue weighted by Gasteiger charge is -2.18. The van der Waals surface area contributed by atoms with Gasteiger partial charge in [-0.2, -0.15) is 4.98 Å². The van der Waals surface area contributed by atoms with E-state index >= 15 is 0 Å². The molecule has 10 heteroatoms. The van der Waals surface area contributed by atoms with Crippen molar-refractivity contribution in [3.63, 3.8) is 0 Å². The SMILES string of the molecule is CCOC(CNc1nc(N(C)C)[nH]c(=O)c1[N+](=O)[O-])OCC. The summed E-state index contributed by atoms with van der Waals surface area (Å²) in [5.74, 6) is 0.0873. The van der Waals surface area contributed by atoms with Crippen LogP contribution in [0.4, 0.5) is 17.5 Å². The highest BCUT2D eigenvalue weighted by atomic mass is 16.7. The zero-order valence-corrected chi connectivity index (χ0v) is 13.1. The highest BCUT2D eigenvalue weighted by molar-refractivity contribution is 5.57. The first-order valence-corrected chi connectivity index (χ1v) is 6.83. The first-order chi connectivity index (χ1) is 10.4. The van der Waals surface area contributed by atoms with Crippen LogP contribution in [0.25, 0.3) is 0 Å². The van der Waals surface area contributed by atoms with Gasteiger partial charge in [0.05, 0.1) is 11.5 Å². The van der Waals surface area contributed by atoms with Gasteiger partial charge < -0.3 is 19.7 Å². The van der Waals surface area contributed by atoms with Gasteiger partial charge in [0.2, 0.25) is 11.8 Å². The Kier molecular flexibility index (Phi) is 6.73. The molecule has 0 saturated carbocycles. The maximum absolute atomic E-state index is 11.8. The van der Waals surface area contributed by atoms with Crippen molar-refractivity contribution in [2.24, 2.45) is 0 Å². The van der Waals surface area contributed by atoms with Crippen LogP contribution in [0, 0.1) is 10.1 Å². The second-order valence-electron chi connectivity index (χ2n) is 4.46. The number of hydrogen-bond acceptors (Lipinski definition) is 8. The minimum atomic E-state index is -0.824. The van der Waals surface area contributed by atoms with Crippen LogP contribution in [-0.4, -0.2) is 55.0 Å². The number of ether oxygens (including phenoxy) is 2. The fourth-order valence-electron chi connectivity index (χ4n) is 1.68. The molecular formula is C12H21N5O5. The predicted molar refractivity (Wildman–Crippen MR) is 81.4 cm³/mol. The van der Waals surface area contributed by atoms with Crippen LogP contribution in [0.5, 0.6) is 0 Å². The number of nitro groups is 1. The van der Waals surface area contributed by atoms with E-state index in [1.54, 1.807) is 19.0 Å². The van der Waals surface area contributed by atoms with Gasteiger partial charge in [-0.15, -0.1) is 0 Å². The summed E-state index contributed by atoms with van der Waals surface area (Å²) in [7, 11) is 3.33. The molecule has 0 aliphatic rings. The lowest BCUT2D eigenvalue weighted by Crippen LogP contribution is -2.29. The second-order valence-corrected chi connectivity index (χ2v) is 4.46. The van der Waals surface area contributed by atoms with Crippen molar-refractivity contribution in [1.29, 1.82) is 0 Å². The smallest absolute Gasteiger partial charge is 0.359 e. The summed E-state index contributed by atoms with van der Waals surface area (Å²) < 4.78 is 10.7. The molecular weight excluding hydrogens is 294 g/mol. The van der Waals surface area contributed by atoms with Gasteiger partial charge in [0, 0.05) is 27.3 Å². The maximum Gasteiger partial charge on any atom is 0.375 e. The highest BCUT2D eigenvalue weighted by Crippen LogP contribution is 2.18. The fourth-order valence-corrected chi connectivity index (χ4v) is 1.68. The number of H-pyrrole nitrogens is 1. The molecule has 1 rings (SSSR count). The van der Waals surface area contributed by atoms with Crippen LogP contribution in [0.1, 0.15) is 13.8 Å². The molecule has 0 spiro atoms. The Labute approximate surface area is 127 Å². The third kappa shape index (κ3) is 4.67. The number of nitrogens with one attached hydrogen (secondary N) is 2. The summed E-state index contributed by atoms with van der Waals surface area (Å²) in [6, 6.07) is 0. The standard InChI is InChI=1S/C12H21N5O5/c1-5-21-8(22-6-2)7-13-10-9(17(19)20)11(18)15-12(14-10)16(3)4/h8H,5-7H2,1-4H3,(H2,13,14,15,18). The Balaban J connectivity index is 3.05. The summed E-state index contributed by atoms with van der Waals surface area (Å²) in [6.45, 7) is 4.61. The predicted octanol–water partition coefficient (Wildman–Crippen LogP) is 0.555. The van der Waals surface area contributed by atoms with Crippen LogP contribution in [-0.2, 0) is 9.47 Å². The van der Waals surface area contributed by atoms with Crippen molar-refractivity contribution in [1.82, 2.24) is 9.97 Å². The Bertz CT molecular complexity index is 553. The molecule has 0 aliphatic heterocycles. The van der Waals surface area contributed by atoms with Crippen LogP contribution < -0.4 is 15.8 Å². The topological polar surface area (TPSA) is 123 Å². The van der Waals surface area contributed by atoms with E-state index in [0.29, 0.717) is 13.2 Å². The van der Waals surface area contributed by atoms with Crippen LogP contribution in [0.2, 0.25) is 0 Å². The van der Waals surface area contributed by atoms with Gasteiger partial charge in [-0.05, 0) is 13.8 Å². The molecule has 2 N–H and O–H groups in total. The number of aromatic nitrogens is 2. The highest BCUT2D eigenvalue weighted by Gasteiger charge is 2.23. The largest absolute Gasteiger partial charge is 0.375 e. The molecule has 0 atom stereocenters. The van der Waals surface area contributed by atoms with Gasteiger partial charge in [-0.1, -0.05) is 0 Å². The fraction of sp³-hybridized carbons (Fsp3) is 0.667. The molecule has 10 nitrogen and oxygen atoms in total. The van der Waals surface area contributed by atoms with Crippen LogP contribution in [0.15, 0.2) is 4.79 Å². The average molecular weight is 315 g/mol. The van der Waals surface area contributed by atoms with E-state index in [9.17, 15) is 14.9 Å². The maximum atomic E-state index is 11.8. The molecule has 124 valence electrons. The van der Waals surface area contributed by atoms with E-state index in [1.165, 1.54) is 0 Å². The minimum absolute atomic E-state index is 0.123. The Morgan fingerprint density at radius 2 is 1.95 bits per heavy atom. The van der Waals surface area contributed by atoms with Crippen molar-refractivity contribution in [2.45, 2.75) is 20.1 Å². The molecule has 0 amide bonds. The second kappa shape index (κ2) is 8.29. The average Bonchev–Trinajstić information content (AvgIpc) is 2.44. The molecule has 0 saturated heterocycles. The molecule has 22 heavy (non-hydrogen) atoms. The monoisotopic (exact) mass is 315 g/mol. The Morgan fingerprint density at radius 1 is 1.36 bits per heavy atom. The van der Waals surface area contributed by atoms with E-state index in [-0.39, 0.29) is 18.3 Å². The van der Waals surface area contributed by atoms with Gasteiger partial charge in [0.25, 0.3) is 0 Å². The lowest BCUT2D eigenvalue weighted by atomic mass is 10.4. The molecule has 0 radical (unpaired) electrons. The number of aromatic amines is 1. The van der Waals surface area contributed by atoms with E-state index in [1.807, 2.05) is 13.8 Å². The number of hydrogen-bond donors (Lipinski definition) is 2. The Morgan fingerprint density at radius 3 is 2.41 bits per heavy atom. The van der Waals surface area contributed by atoms with Crippen molar-refractivity contribution in [3.05, 3.63) is 20.5 Å². The number of rotatable bonds is 9. The third-order valence-corrected chi connectivity index (χ3v) is 2.63. The quantitative estimate of drug-likeness (QED) is 0.385. The summed E-state index contributed by atoms with van der Waals surface area (Å²) in [4.78, 5) is 30.1. The third-order valence-electron chi connectivity index (χ3n) is 2.63. The van der Waals surface area contributed by atoms with Crippen molar-refractivity contribution < 1.29 is 14.4 Å². The summed E-state index contributed by atoms with van der Waals surface area (Å²) in [6.07, 6.45) is -0.585. The van der Waals surface area contributed by atoms with Gasteiger partial charge in [0.1, 0.15) is 0 Å². The molecule has 0 unspecified atom stereocenters. The van der Waals surface area contributed by atoms with Gasteiger partial charge in [-0.25, -0.2) is 0 Å². The first kappa shape index (κ1) is 17.9.